The molecule has 0 radical (unpaired) electrons. The zero-order valence-corrected chi connectivity index (χ0v) is 10.2. The van der Waals surface area contributed by atoms with Crippen molar-refractivity contribution >= 4 is 12.3 Å². The molecule has 1 aromatic rings. The Bertz CT molecular complexity index is 412. The number of aldehydes is 1. The third-order valence-corrected chi connectivity index (χ3v) is 2.19. The summed E-state index contributed by atoms with van der Waals surface area (Å²) in [7, 11) is 0. The number of hydrogen-bond acceptors (Lipinski definition) is 5. The van der Waals surface area contributed by atoms with Crippen molar-refractivity contribution < 1.29 is 19.1 Å². The molecule has 0 aliphatic rings. The molecule has 0 aliphatic carbocycles. The van der Waals surface area contributed by atoms with Gasteiger partial charge < -0.3 is 9.47 Å². The van der Waals surface area contributed by atoms with E-state index in [9.17, 15) is 9.59 Å². The highest BCUT2D eigenvalue weighted by Crippen LogP contribution is 2.12. The lowest BCUT2D eigenvalue weighted by Gasteiger charge is -2.09. The SMILES string of the molecule is CCOCn1c(C)nc(C=O)c1C(=O)OCC. The van der Waals surface area contributed by atoms with Crippen LogP contribution in [-0.2, 0) is 16.2 Å². The predicted molar refractivity (Wildman–Crippen MR) is 59.9 cm³/mol. The van der Waals surface area contributed by atoms with Crippen molar-refractivity contribution in [3.63, 3.8) is 0 Å². The fourth-order valence-electron chi connectivity index (χ4n) is 1.42. The van der Waals surface area contributed by atoms with Crippen molar-refractivity contribution in [2.75, 3.05) is 13.2 Å². The first kappa shape index (κ1) is 13.4. The van der Waals surface area contributed by atoms with Crippen LogP contribution in [0.15, 0.2) is 0 Å². The molecule has 6 nitrogen and oxygen atoms in total. The van der Waals surface area contributed by atoms with E-state index in [0.29, 0.717) is 18.7 Å². The van der Waals surface area contributed by atoms with Crippen LogP contribution >= 0.6 is 0 Å². The van der Waals surface area contributed by atoms with Crippen LogP contribution in [0.1, 0.15) is 40.6 Å². The summed E-state index contributed by atoms with van der Waals surface area (Å²) in [6.07, 6.45) is 0.543. The van der Waals surface area contributed by atoms with E-state index < -0.39 is 5.97 Å². The van der Waals surface area contributed by atoms with Gasteiger partial charge in [-0.2, -0.15) is 0 Å². The number of ether oxygens (including phenoxy) is 2. The molecule has 0 aromatic carbocycles. The Kier molecular flexibility index (Phi) is 4.84. The van der Waals surface area contributed by atoms with Gasteiger partial charge in [-0.1, -0.05) is 0 Å². The van der Waals surface area contributed by atoms with Crippen molar-refractivity contribution in [3.8, 4) is 0 Å². The second-order valence-electron chi connectivity index (χ2n) is 3.28. The summed E-state index contributed by atoms with van der Waals surface area (Å²) in [5, 5.41) is 0. The summed E-state index contributed by atoms with van der Waals surface area (Å²) >= 11 is 0. The Hall–Kier alpha value is -1.69. The van der Waals surface area contributed by atoms with Gasteiger partial charge in [0.2, 0.25) is 0 Å². The van der Waals surface area contributed by atoms with E-state index in [2.05, 4.69) is 4.98 Å². The third kappa shape index (κ3) is 2.91. The van der Waals surface area contributed by atoms with Crippen molar-refractivity contribution in [2.45, 2.75) is 27.5 Å². The first-order valence-corrected chi connectivity index (χ1v) is 5.42. The predicted octanol–water partition coefficient (Wildman–Crippen LogP) is 1.17. The first-order valence-electron chi connectivity index (χ1n) is 5.42. The van der Waals surface area contributed by atoms with Gasteiger partial charge in [0.15, 0.2) is 12.0 Å². The quantitative estimate of drug-likeness (QED) is 0.551. The molecule has 1 rings (SSSR count). The van der Waals surface area contributed by atoms with Crippen LogP contribution < -0.4 is 0 Å². The smallest absolute Gasteiger partial charge is 0.357 e. The van der Waals surface area contributed by atoms with Gasteiger partial charge >= 0.3 is 5.97 Å². The highest BCUT2D eigenvalue weighted by atomic mass is 16.5. The zero-order chi connectivity index (χ0) is 12.8. The monoisotopic (exact) mass is 240 g/mol. The van der Waals surface area contributed by atoms with Crippen LogP contribution in [-0.4, -0.2) is 35.0 Å². The van der Waals surface area contributed by atoms with Gasteiger partial charge in [0.1, 0.15) is 18.2 Å². The molecule has 0 N–H and O–H groups in total. The molecule has 6 heteroatoms. The van der Waals surface area contributed by atoms with Gasteiger partial charge in [-0.3, -0.25) is 9.36 Å². The number of aryl methyl sites for hydroxylation is 1. The van der Waals surface area contributed by atoms with E-state index in [1.54, 1.807) is 13.8 Å². The minimum Gasteiger partial charge on any atom is -0.461 e. The van der Waals surface area contributed by atoms with Gasteiger partial charge in [0.25, 0.3) is 0 Å². The fraction of sp³-hybridized carbons (Fsp3) is 0.545. The molecule has 1 aromatic heterocycles. The molecule has 0 aliphatic heterocycles. The van der Waals surface area contributed by atoms with E-state index in [1.165, 1.54) is 4.57 Å². The Labute approximate surface area is 99.5 Å². The van der Waals surface area contributed by atoms with Crippen molar-refractivity contribution in [1.29, 1.82) is 0 Å². The summed E-state index contributed by atoms with van der Waals surface area (Å²) in [6, 6.07) is 0. The first-order chi connectivity index (χ1) is 8.15. The lowest BCUT2D eigenvalue weighted by Crippen LogP contribution is -2.16. The van der Waals surface area contributed by atoms with Crippen molar-refractivity contribution in [1.82, 2.24) is 9.55 Å². The number of esters is 1. The normalized spacial score (nSPS) is 10.3. The summed E-state index contributed by atoms with van der Waals surface area (Å²) in [4.78, 5) is 26.6. The Morgan fingerprint density at radius 2 is 2.12 bits per heavy atom. The molecular weight excluding hydrogens is 224 g/mol. The van der Waals surface area contributed by atoms with E-state index in [0.717, 1.165) is 0 Å². The maximum absolute atomic E-state index is 11.7. The summed E-state index contributed by atoms with van der Waals surface area (Å²) in [5.74, 6) is -0.0153. The van der Waals surface area contributed by atoms with Crippen molar-refractivity contribution in [3.05, 3.63) is 17.2 Å². The number of carbonyl (C=O) groups excluding carboxylic acids is 2. The maximum Gasteiger partial charge on any atom is 0.357 e. The molecule has 1 heterocycles. The van der Waals surface area contributed by atoms with Gasteiger partial charge in [-0.25, -0.2) is 9.78 Å². The molecule has 0 saturated heterocycles. The lowest BCUT2D eigenvalue weighted by atomic mass is 10.3. The zero-order valence-electron chi connectivity index (χ0n) is 10.2. The minimum absolute atomic E-state index is 0.0839. The average molecular weight is 240 g/mol. The highest BCUT2D eigenvalue weighted by molar-refractivity contribution is 5.95. The number of nitrogens with zero attached hydrogens (tertiary/aromatic N) is 2. The molecule has 0 atom stereocenters. The van der Waals surface area contributed by atoms with Crippen LogP contribution in [0.2, 0.25) is 0 Å². The molecule has 17 heavy (non-hydrogen) atoms. The lowest BCUT2D eigenvalue weighted by molar-refractivity contribution is 0.0469. The average Bonchev–Trinajstić information content (AvgIpc) is 2.63. The maximum atomic E-state index is 11.7. The molecular formula is C11H16N2O4. The Balaban J connectivity index is 3.12. The number of rotatable bonds is 6. The summed E-state index contributed by atoms with van der Waals surface area (Å²) in [5.41, 5.74) is 0.230. The second kappa shape index (κ2) is 6.15. The van der Waals surface area contributed by atoms with E-state index >= 15 is 0 Å². The van der Waals surface area contributed by atoms with Gasteiger partial charge in [-0.05, 0) is 20.8 Å². The van der Waals surface area contributed by atoms with E-state index in [1.807, 2.05) is 6.92 Å². The minimum atomic E-state index is -0.560. The molecule has 0 saturated carbocycles. The molecule has 0 fully saturated rings. The molecule has 0 bridgehead atoms. The van der Waals surface area contributed by atoms with E-state index in [4.69, 9.17) is 9.47 Å². The number of carbonyl (C=O) groups is 2. The van der Waals surface area contributed by atoms with Crippen LogP contribution in [0.4, 0.5) is 0 Å². The standard InChI is InChI=1S/C11H16N2O4/c1-4-16-7-13-8(3)12-9(6-14)10(13)11(15)17-5-2/h6H,4-5,7H2,1-3H3. The fourth-order valence-corrected chi connectivity index (χ4v) is 1.42. The summed E-state index contributed by atoms with van der Waals surface area (Å²) < 4.78 is 11.6. The number of hydrogen-bond donors (Lipinski definition) is 0. The van der Waals surface area contributed by atoms with Gasteiger partial charge in [-0.15, -0.1) is 0 Å². The molecule has 0 spiro atoms. The molecule has 0 amide bonds. The van der Waals surface area contributed by atoms with Gasteiger partial charge in [0, 0.05) is 6.61 Å². The van der Waals surface area contributed by atoms with Crippen LogP contribution in [0.3, 0.4) is 0 Å². The molecule has 0 unspecified atom stereocenters. The second-order valence-corrected chi connectivity index (χ2v) is 3.28. The van der Waals surface area contributed by atoms with Crippen LogP contribution in [0.5, 0.6) is 0 Å². The number of imidazole rings is 1. The molecule has 94 valence electrons. The van der Waals surface area contributed by atoms with Crippen LogP contribution in [0.25, 0.3) is 0 Å². The number of aromatic nitrogens is 2. The Morgan fingerprint density at radius 3 is 2.65 bits per heavy atom. The Morgan fingerprint density at radius 1 is 1.41 bits per heavy atom. The van der Waals surface area contributed by atoms with Crippen LogP contribution in [0, 0.1) is 6.92 Å². The third-order valence-electron chi connectivity index (χ3n) is 2.19. The summed E-state index contributed by atoms with van der Waals surface area (Å²) in [6.45, 7) is 6.18. The highest BCUT2D eigenvalue weighted by Gasteiger charge is 2.22. The largest absolute Gasteiger partial charge is 0.461 e. The topological polar surface area (TPSA) is 70.4 Å². The van der Waals surface area contributed by atoms with Gasteiger partial charge in [0.05, 0.1) is 6.61 Å². The van der Waals surface area contributed by atoms with E-state index in [-0.39, 0.29) is 24.7 Å². The van der Waals surface area contributed by atoms with Crippen molar-refractivity contribution in [2.24, 2.45) is 0 Å².